The average molecular weight is 534 g/mol. The van der Waals surface area contributed by atoms with Crippen LogP contribution in [0.1, 0.15) is 51.0 Å². The van der Waals surface area contributed by atoms with Gasteiger partial charge in [0.1, 0.15) is 24.2 Å². The molecule has 0 aliphatic heterocycles. The third-order valence-electron chi connectivity index (χ3n) is 6.64. The number of anilines is 1. The first kappa shape index (κ1) is 28.4. The second kappa shape index (κ2) is 12.9. The summed E-state index contributed by atoms with van der Waals surface area (Å²) in [5.41, 5.74) is 0.851. The van der Waals surface area contributed by atoms with Gasteiger partial charge in [-0.05, 0) is 49.1 Å². The maximum absolute atomic E-state index is 13.8. The van der Waals surface area contributed by atoms with E-state index in [-0.39, 0.29) is 24.2 Å². The van der Waals surface area contributed by atoms with Crippen LogP contribution in [-0.4, -0.2) is 57.1 Å². The SMILES string of the molecule is CC[C@@H](C(=O)NC1CCCCC1)N(Cc1ccc(F)cc1)C(=O)CN(c1ccccc1OC)S(C)(=O)=O. The van der Waals surface area contributed by atoms with E-state index < -0.39 is 34.3 Å². The quantitative estimate of drug-likeness (QED) is 0.473. The van der Waals surface area contributed by atoms with E-state index >= 15 is 0 Å². The molecule has 2 aromatic rings. The highest BCUT2D eigenvalue weighted by molar-refractivity contribution is 7.92. The summed E-state index contributed by atoms with van der Waals surface area (Å²) in [4.78, 5) is 28.5. The van der Waals surface area contributed by atoms with Crippen molar-refractivity contribution >= 4 is 27.5 Å². The van der Waals surface area contributed by atoms with Crippen LogP contribution in [0.4, 0.5) is 10.1 Å². The van der Waals surface area contributed by atoms with Crippen molar-refractivity contribution in [3.63, 3.8) is 0 Å². The summed E-state index contributed by atoms with van der Waals surface area (Å²) in [5.74, 6) is -0.935. The van der Waals surface area contributed by atoms with E-state index in [4.69, 9.17) is 4.74 Å². The Hall–Kier alpha value is -3.14. The van der Waals surface area contributed by atoms with Crippen molar-refractivity contribution in [2.45, 2.75) is 64.1 Å². The Balaban J connectivity index is 1.93. The number of rotatable bonds is 11. The van der Waals surface area contributed by atoms with E-state index in [1.807, 2.05) is 6.92 Å². The maximum atomic E-state index is 13.8. The van der Waals surface area contributed by atoms with Crippen LogP contribution in [0.3, 0.4) is 0 Å². The lowest BCUT2D eigenvalue weighted by molar-refractivity contribution is -0.140. The molecule has 0 unspecified atom stereocenters. The van der Waals surface area contributed by atoms with Gasteiger partial charge in [0.05, 0.1) is 19.1 Å². The van der Waals surface area contributed by atoms with E-state index in [2.05, 4.69) is 5.32 Å². The van der Waals surface area contributed by atoms with E-state index in [1.165, 1.54) is 24.1 Å². The number of methoxy groups -OCH3 is 1. The van der Waals surface area contributed by atoms with Gasteiger partial charge in [0.25, 0.3) is 0 Å². The molecule has 0 saturated heterocycles. The van der Waals surface area contributed by atoms with Gasteiger partial charge < -0.3 is 15.0 Å². The fourth-order valence-corrected chi connectivity index (χ4v) is 5.53. The van der Waals surface area contributed by atoms with E-state index in [1.54, 1.807) is 36.4 Å². The molecular formula is C27H36FN3O5S. The van der Waals surface area contributed by atoms with Crippen molar-refractivity contribution < 1.29 is 27.1 Å². The summed E-state index contributed by atoms with van der Waals surface area (Å²) in [7, 11) is -2.46. The number of ether oxygens (including phenoxy) is 1. The van der Waals surface area contributed by atoms with Crippen LogP contribution in [0.2, 0.25) is 0 Å². The van der Waals surface area contributed by atoms with Crippen molar-refractivity contribution in [1.29, 1.82) is 0 Å². The topological polar surface area (TPSA) is 96.0 Å². The Morgan fingerprint density at radius 2 is 1.73 bits per heavy atom. The third-order valence-corrected chi connectivity index (χ3v) is 7.76. The number of sulfonamides is 1. The Kier molecular flexibility index (Phi) is 9.91. The molecule has 37 heavy (non-hydrogen) atoms. The summed E-state index contributed by atoms with van der Waals surface area (Å²) < 4.78 is 45.4. The van der Waals surface area contributed by atoms with Crippen LogP contribution in [-0.2, 0) is 26.2 Å². The average Bonchev–Trinajstić information content (AvgIpc) is 2.88. The number of nitrogens with zero attached hydrogens (tertiary/aromatic N) is 2. The first-order chi connectivity index (χ1) is 17.6. The predicted molar refractivity (Wildman–Crippen MR) is 141 cm³/mol. The van der Waals surface area contributed by atoms with Crippen molar-refractivity contribution in [1.82, 2.24) is 10.2 Å². The molecule has 1 N–H and O–H groups in total. The van der Waals surface area contributed by atoms with Crippen molar-refractivity contribution in [2.75, 3.05) is 24.2 Å². The van der Waals surface area contributed by atoms with Crippen molar-refractivity contribution in [3.05, 3.63) is 59.9 Å². The van der Waals surface area contributed by atoms with Crippen LogP contribution in [0.25, 0.3) is 0 Å². The zero-order valence-corrected chi connectivity index (χ0v) is 22.5. The molecule has 1 aliphatic carbocycles. The van der Waals surface area contributed by atoms with Gasteiger partial charge in [0.15, 0.2) is 0 Å². The number of hydrogen-bond acceptors (Lipinski definition) is 5. The minimum absolute atomic E-state index is 0.0270. The van der Waals surface area contributed by atoms with Gasteiger partial charge in [-0.3, -0.25) is 13.9 Å². The van der Waals surface area contributed by atoms with Gasteiger partial charge in [-0.2, -0.15) is 0 Å². The number of amides is 2. The van der Waals surface area contributed by atoms with Gasteiger partial charge in [0, 0.05) is 12.6 Å². The number of carbonyl (C=O) groups is 2. The highest BCUT2D eigenvalue weighted by Crippen LogP contribution is 2.30. The number of halogens is 1. The van der Waals surface area contributed by atoms with Crippen LogP contribution >= 0.6 is 0 Å². The molecule has 1 aliphatic rings. The molecule has 2 amide bonds. The summed E-state index contributed by atoms with van der Waals surface area (Å²) in [6.45, 7) is 1.32. The summed E-state index contributed by atoms with van der Waals surface area (Å²) in [6.07, 6.45) is 6.37. The maximum Gasteiger partial charge on any atom is 0.244 e. The van der Waals surface area contributed by atoms with E-state index in [0.717, 1.165) is 42.7 Å². The monoisotopic (exact) mass is 533 g/mol. The molecule has 0 heterocycles. The molecule has 0 bridgehead atoms. The number of hydrogen-bond donors (Lipinski definition) is 1. The van der Waals surface area contributed by atoms with Gasteiger partial charge >= 0.3 is 0 Å². The van der Waals surface area contributed by atoms with E-state index in [9.17, 15) is 22.4 Å². The zero-order valence-electron chi connectivity index (χ0n) is 21.7. The largest absolute Gasteiger partial charge is 0.495 e. The number of benzene rings is 2. The molecule has 0 spiro atoms. The molecule has 8 nitrogen and oxygen atoms in total. The fourth-order valence-electron chi connectivity index (χ4n) is 4.68. The molecule has 1 saturated carbocycles. The normalized spacial score (nSPS) is 15.0. The molecule has 3 rings (SSSR count). The van der Waals surface area contributed by atoms with Crippen molar-refractivity contribution in [3.8, 4) is 5.75 Å². The lowest BCUT2D eigenvalue weighted by Crippen LogP contribution is -2.54. The lowest BCUT2D eigenvalue weighted by Gasteiger charge is -2.34. The third kappa shape index (κ3) is 7.67. The molecule has 202 valence electrons. The van der Waals surface area contributed by atoms with Crippen LogP contribution in [0.15, 0.2) is 48.5 Å². The van der Waals surface area contributed by atoms with Gasteiger partial charge in [0.2, 0.25) is 21.8 Å². The highest BCUT2D eigenvalue weighted by Gasteiger charge is 2.33. The zero-order chi connectivity index (χ0) is 27.0. The molecular weight excluding hydrogens is 497 g/mol. The number of carbonyl (C=O) groups excluding carboxylic acids is 2. The van der Waals surface area contributed by atoms with Crippen LogP contribution < -0.4 is 14.4 Å². The van der Waals surface area contributed by atoms with Gasteiger partial charge in [-0.15, -0.1) is 0 Å². The number of nitrogens with one attached hydrogen (secondary N) is 1. The minimum Gasteiger partial charge on any atom is -0.495 e. The van der Waals surface area contributed by atoms with Gasteiger partial charge in [-0.25, -0.2) is 12.8 Å². The Labute approximate surface area is 218 Å². The summed E-state index contributed by atoms with van der Waals surface area (Å²) in [6, 6.07) is 11.4. The second-order valence-electron chi connectivity index (χ2n) is 9.36. The summed E-state index contributed by atoms with van der Waals surface area (Å²) >= 11 is 0. The molecule has 2 aromatic carbocycles. The molecule has 1 atom stereocenters. The Bertz CT molecular complexity index is 1170. The van der Waals surface area contributed by atoms with E-state index in [0.29, 0.717) is 17.7 Å². The lowest BCUT2D eigenvalue weighted by atomic mass is 9.95. The smallest absolute Gasteiger partial charge is 0.244 e. The summed E-state index contributed by atoms with van der Waals surface area (Å²) in [5, 5.41) is 3.09. The fraction of sp³-hybridized carbons (Fsp3) is 0.481. The second-order valence-corrected chi connectivity index (χ2v) is 11.3. The first-order valence-corrected chi connectivity index (χ1v) is 14.4. The Morgan fingerprint density at radius 1 is 1.08 bits per heavy atom. The number of para-hydroxylation sites is 2. The highest BCUT2D eigenvalue weighted by atomic mass is 32.2. The predicted octanol–water partition coefficient (Wildman–Crippen LogP) is 3.86. The standard InChI is InChI=1S/C27H36FN3O5S/c1-4-23(27(33)29-22-10-6-5-7-11-22)30(18-20-14-16-21(28)17-15-20)26(32)19-31(37(3,34)35)24-12-8-9-13-25(24)36-2/h8-9,12-17,22-23H,4-7,10-11,18-19H2,1-3H3,(H,29,33)/t23-/m0/s1. The van der Waals surface area contributed by atoms with Crippen molar-refractivity contribution in [2.24, 2.45) is 0 Å². The first-order valence-electron chi connectivity index (χ1n) is 12.6. The van der Waals surface area contributed by atoms with Gasteiger partial charge in [-0.1, -0.05) is 50.5 Å². The Morgan fingerprint density at radius 3 is 2.32 bits per heavy atom. The van der Waals surface area contributed by atoms with Crippen LogP contribution in [0, 0.1) is 5.82 Å². The molecule has 0 aromatic heterocycles. The van der Waals surface area contributed by atoms with Crippen LogP contribution in [0.5, 0.6) is 5.75 Å². The molecule has 0 radical (unpaired) electrons. The minimum atomic E-state index is -3.88. The molecule has 10 heteroatoms. The molecule has 1 fully saturated rings.